The Morgan fingerprint density at radius 2 is 1.53 bits per heavy atom. The van der Waals surface area contributed by atoms with E-state index < -0.39 is 0 Å². The molecule has 0 aromatic heterocycles. The second-order valence-electron chi connectivity index (χ2n) is 7.48. The molecule has 1 aliphatic carbocycles. The van der Waals surface area contributed by atoms with Gasteiger partial charge < -0.3 is 15.4 Å². The third-order valence-corrected chi connectivity index (χ3v) is 4.51. The average molecular weight is 268 g/mol. The lowest BCUT2D eigenvalue weighted by molar-refractivity contribution is -0.0612. The number of nitrogens with zero attached hydrogens (tertiary/aromatic N) is 1. The number of hydrogen-bond acceptors (Lipinski definition) is 3. The van der Waals surface area contributed by atoms with Gasteiger partial charge in [0.1, 0.15) is 0 Å². The normalized spacial score (nSPS) is 31.6. The topological polar surface area (TPSA) is 38.5 Å². The molecule has 0 aromatic rings. The zero-order valence-corrected chi connectivity index (χ0v) is 13.0. The second kappa shape index (κ2) is 6.55. The van der Waals surface area contributed by atoms with Gasteiger partial charge in [0.05, 0.1) is 12.2 Å². The molecule has 0 bridgehead atoms. The zero-order valence-electron chi connectivity index (χ0n) is 13.0. The molecule has 1 saturated heterocycles. The minimum absolute atomic E-state index is 0.0762. The SMILES string of the molecule is CC1CCC(OC2CCN(CC(C)(C)N)CC2)CC1. The maximum absolute atomic E-state index is 6.30. The van der Waals surface area contributed by atoms with Gasteiger partial charge in [0.15, 0.2) is 0 Å². The lowest BCUT2D eigenvalue weighted by Crippen LogP contribution is -2.49. The molecular formula is C16H32N2O. The molecule has 3 heteroatoms. The Kier molecular flexibility index (Phi) is 5.27. The molecule has 0 amide bonds. The van der Waals surface area contributed by atoms with Crippen LogP contribution in [-0.2, 0) is 4.74 Å². The maximum Gasteiger partial charge on any atom is 0.0603 e. The van der Waals surface area contributed by atoms with Gasteiger partial charge in [0.2, 0.25) is 0 Å². The summed E-state index contributed by atoms with van der Waals surface area (Å²) in [6.07, 6.45) is 8.66. The van der Waals surface area contributed by atoms with Crippen molar-refractivity contribution >= 4 is 0 Å². The summed E-state index contributed by atoms with van der Waals surface area (Å²) in [6.45, 7) is 9.88. The first-order valence-electron chi connectivity index (χ1n) is 8.09. The molecule has 19 heavy (non-hydrogen) atoms. The number of hydrogen-bond donors (Lipinski definition) is 1. The van der Waals surface area contributed by atoms with Crippen molar-refractivity contribution in [1.82, 2.24) is 4.90 Å². The first kappa shape index (κ1) is 15.3. The zero-order chi connectivity index (χ0) is 13.9. The molecule has 3 nitrogen and oxygen atoms in total. The van der Waals surface area contributed by atoms with Gasteiger partial charge in [-0.3, -0.25) is 0 Å². The second-order valence-corrected chi connectivity index (χ2v) is 7.48. The van der Waals surface area contributed by atoms with Gasteiger partial charge >= 0.3 is 0 Å². The van der Waals surface area contributed by atoms with Crippen molar-refractivity contribution in [2.45, 2.75) is 77.0 Å². The van der Waals surface area contributed by atoms with E-state index in [4.69, 9.17) is 10.5 Å². The first-order chi connectivity index (χ1) is 8.92. The summed E-state index contributed by atoms with van der Waals surface area (Å²) in [7, 11) is 0. The molecule has 0 radical (unpaired) electrons. The van der Waals surface area contributed by atoms with Gasteiger partial charge in [-0.2, -0.15) is 0 Å². The average Bonchev–Trinajstić information content (AvgIpc) is 2.33. The molecule has 0 aromatic carbocycles. The Bertz CT molecular complexity index is 258. The van der Waals surface area contributed by atoms with Gasteiger partial charge in [-0.05, 0) is 58.3 Å². The van der Waals surface area contributed by atoms with Gasteiger partial charge in [0.25, 0.3) is 0 Å². The molecule has 2 aliphatic rings. The van der Waals surface area contributed by atoms with Crippen LogP contribution in [0.15, 0.2) is 0 Å². The van der Waals surface area contributed by atoms with E-state index in [1.54, 1.807) is 0 Å². The molecule has 0 atom stereocenters. The molecule has 112 valence electrons. The van der Waals surface area contributed by atoms with Gasteiger partial charge in [-0.1, -0.05) is 6.92 Å². The predicted molar refractivity (Wildman–Crippen MR) is 80.2 cm³/mol. The first-order valence-corrected chi connectivity index (χ1v) is 8.09. The fourth-order valence-electron chi connectivity index (χ4n) is 3.42. The minimum atomic E-state index is -0.0762. The van der Waals surface area contributed by atoms with Crippen molar-refractivity contribution in [3.63, 3.8) is 0 Å². The highest BCUT2D eigenvalue weighted by atomic mass is 16.5. The van der Waals surface area contributed by atoms with Crippen molar-refractivity contribution < 1.29 is 4.74 Å². The Labute approximate surface area is 118 Å². The Hall–Kier alpha value is -0.120. The maximum atomic E-state index is 6.30. The summed E-state index contributed by atoms with van der Waals surface area (Å²) in [5.74, 6) is 0.911. The molecule has 0 unspecified atom stereocenters. The van der Waals surface area contributed by atoms with Crippen molar-refractivity contribution in [2.75, 3.05) is 19.6 Å². The lowest BCUT2D eigenvalue weighted by Gasteiger charge is -2.37. The predicted octanol–water partition coefficient (Wildman–Crippen LogP) is 2.78. The largest absolute Gasteiger partial charge is 0.375 e. The molecule has 1 saturated carbocycles. The van der Waals surface area contributed by atoms with E-state index in [0.717, 1.165) is 25.6 Å². The highest BCUT2D eigenvalue weighted by molar-refractivity contribution is 4.82. The minimum Gasteiger partial charge on any atom is -0.375 e. The molecule has 1 aliphatic heterocycles. The highest BCUT2D eigenvalue weighted by Crippen LogP contribution is 2.28. The van der Waals surface area contributed by atoms with Crippen molar-refractivity contribution in [1.29, 1.82) is 0 Å². The van der Waals surface area contributed by atoms with Gasteiger partial charge in [-0.15, -0.1) is 0 Å². The van der Waals surface area contributed by atoms with E-state index in [9.17, 15) is 0 Å². The van der Waals surface area contributed by atoms with Crippen LogP contribution in [0.5, 0.6) is 0 Å². The Morgan fingerprint density at radius 3 is 2.05 bits per heavy atom. The summed E-state index contributed by atoms with van der Waals surface area (Å²) in [4.78, 5) is 2.49. The van der Waals surface area contributed by atoms with Crippen molar-refractivity contribution in [3.8, 4) is 0 Å². The van der Waals surface area contributed by atoms with E-state index in [2.05, 4.69) is 25.7 Å². The fourth-order valence-corrected chi connectivity index (χ4v) is 3.42. The van der Waals surface area contributed by atoms with Crippen LogP contribution < -0.4 is 5.73 Å². The van der Waals surface area contributed by atoms with Crippen LogP contribution in [0.3, 0.4) is 0 Å². The number of likely N-dealkylation sites (tertiary alicyclic amines) is 1. The van der Waals surface area contributed by atoms with E-state index in [1.807, 2.05) is 0 Å². The number of ether oxygens (including phenoxy) is 1. The van der Waals surface area contributed by atoms with E-state index >= 15 is 0 Å². The number of piperidine rings is 1. The number of rotatable bonds is 4. The molecule has 2 fully saturated rings. The summed E-state index contributed by atoms with van der Waals surface area (Å²) in [5, 5.41) is 0. The molecule has 2 rings (SSSR count). The fraction of sp³-hybridized carbons (Fsp3) is 1.00. The van der Waals surface area contributed by atoms with Crippen LogP contribution in [0.25, 0.3) is 0 Å². The van der Waals surface area contributed by atoms with Gasteiger partial charge in [0, 0.05) is 25.2 Å². The molecule has 2 N–H and O–H groups in total. The van der Waals surface area contributed by atoms with Crippen LogP contribution in [0.4, 0.5) is 0 Å². The molecule has 0 spiro atoms. The lowest BCUT2D eigenvalue weighted by atomic mass is 9.88. The summed E-state index contributed by atoms with van der Waals surface area (Å²) < 4.78 is 6.30. The summed E-state index contributed by atoms with van der Waals surface area (Å²) in [6, 6.07) is 0. The molecular weight excluding hydrogens is 236 g/mol. The summed E-state index contributed by atoms with van der Waals surface area (Å²) in [5.41, 5.74) is 6.01. The monoisotopic (exact) mass is 268 g/mol. The van der Waals surface area contributed by atoms with Crippen LogP contribution in [0.2, 0.25) is 0 Å². The van der Waals surface area contributed by atoms with E-state index in [1.165, 1.54) is 38.5 Å². The molecule has 1 heterocycles. The standard InChI is InChI=1S/C16H32N2O/c1-13-4-6-14(7-5-13)19-15-8-10-18(11-9-15)12-16(2,3)17/h13-15H,4-12,17H2,1-3H3. The van der Waals surface area contributed by atoms with E-state index in [0.29, 0.717) is 12.2 Å². The van der Waals surface area contributed by atoms with Crippen molar-refractivity contribution in [3.05, 3.63) is 0 Å². The van der Waals surface area contributed by atoms with Crippen molar-refractivity contribution in [2.24, 2.45) is 11.7 Å². The van der Waals surface area contributed by atoms with Gasteiger partial charge in [-0.25, -0.2) is 0 Å². The van der Waals surface area contributed by atoms with Crippen LogP contribution in [0, 0.1) is 5.92 Å². The smallest absolute Gasteiger partial charge is 0.0603 e. The third kappa shape index (κ3) is 5.41. The van der Waals surface area contributed by atoms with E-state index in [-0.39, 0.29) is 5.54 Å². The summed E-state index contributed by atoms with van der Waals surface area (Å²) >= 11 is 0. The Balaban J connectivity index is 1.66. The number of nitrogens with two attached hydrogens (primary N) is 1. The van der Waals surface area contributed by atoms with Crippen LogP contribution in [-0.4, -0.2) is 42.3 Å². The highest BCUT2D eigenvalue weighted by Gasteiger charge is 2.27. The van der Waals surface area contributed by atoms with Crippen LogP contribution in [0.1, 0.15) is 59.3 Å². The quantitative estimate of drug-likeness (QED) is 0.852. The third-order valence-electron chi connectivity index (χ3n) is 4.51. The Morgan fingerprint density at radius 1 is 1.00 bits per heavy atom. The van der Waals surface area contributed by atoms with Crippen LogP contribution >= 0.6 is 0 Å².